The number of nitrogens with zero attached hydrogens (tertiary/aromatic N) is 3. The predicted octanol–water partition coefficient (Wildman–Crippen LogP) is 1.96. The van der Waals surface area contributed by atoms with Crippen molar-refractivity contribution >= 4 is 16.8 Å². The van der Waals surface area contributed by atoms with Crippen molar-refractivity contribution in [2.45, 2.75) is 45.0 Å². The first-order chi connectivity index (χ1) is 11.2. The van der Waals surface area contributed by atoms with Gasteiger partial charge in [-0.25, -0.2) is 0 Å². The highest BCUT2D eigenvalue weighted by molar-refractivity contribution is 6.04. The second-order valence-electron chi connectivity index (χ2n) is 7.44. The van der Waals surface area contributed by atoms with Crippen molar-refractivity contribution in [3.05, 3.63) is 30.0 Å². The van der Waals surface area contributed by atoms with Gasteiger partial charge >= 0.3 is 0 Å². The van der Waals surface area contributed by atoms with E-state index in [1.165, 1.54) is 0 Å². The number of piperidine rings is 1. The Balaban J connectivity index is 1.85. The van der Waals surface area contributed by atoms with Gasteiger partial charge in [-0.05, 0) is 26.8 Å². The fourth-order valence-corrected chi connectivity index (χ4v) is 3.30. The molecule has 6 nitrogen and oxygen atoms in total. The molecule has 6 heteroatoms. The molecule has 1 fully saturated rings. The lowest BCUT2D eigenvalue weighted by atomic mass is 10.0. The summed E-state index contributed by atoms with van der Waals surface area (Å²) in [7, 11) is 1.83. The molecule has 2 atom stereocenters. The Kier molecular flexibility index (Phi) is 4.36. The molecular formula is C18H25N3O3. The van der Waals surface area contributed by atoms with Crippen LogP contribution in [-0.4, -0.2) is 56.6 Å². The highest BCUT2D eigenvalue weighted by Crippen LogP contribution is 2.24. The average molecular weight is 331 g/mol. The molecule has 130 valence electrons. The number of ether oxygens (including phenoxy) is 1. The number of β-amino-alcohol motifs (C(OH)–C–C–N with tert-alkyl or cyclic N) is 1. The SMILES string of the molecule is Cn1nc(C(=O)N2C[C@@H](O)C[C@H](OC(C)(C)C)C2)c2ccccc21. The third kappa shape index (κ3) is 3.44. The van der Waals surface area contributed by atoms with E-state index < -0.39 is 6.10 Å². The summed E-state index contributed by atoms with van der Waals surface area (Å²) < 4.78 is 7.69. The van der Waals surface area contributed by atoms with E-state index in [1.54, 1.807) is 9.58 Å². The van der Waals surface area contributed by atoms with Crippen molar-refractivity contribution in [1.29, 1.82) is 0 Å². The number of carbonyl (C=O) groups is 1. The average Bonchev–Trinajstić information content (AvgIpc) is 2.82. The minimum atomic E-state index is -0.579. The molecule has 1 N–H and O–H groups in total. The summed E-state index contributed by atoms with van der Waals surface area (Å²) in [6.07, 6.45) is -0.206. The van der Waals surface area contributed by atoms with Gasteiger partial charge in [-0.2, -0.15) is 5.10 Å². The number of aromatic nitrogens is 2. The lowest BCUT2D eigenvalue weighted by Gasteiger charge is -2.38. The van der Waals surface area contributed by atoms with E-state index in [-0.39, 0.29) is 17.6 Å². The van der Waals surface area contributed by atoms with Crippen LogP contribution >= 0.6 is 0 Å². The van der Waals surface area contributed by atoms with Crippen molar-refractivity contribution in [1.82, 2.24) is 14.7 Å². The summed E-state index contributed by atoms with van der Waals surface area (Å²) in [6.45, 7) is 6.72. The Morgan fingerprint density at radius 1 is 1.29 bits per heavy atom. The van der Waals surface area contributed by atoms with E-state index in [1.807, 2.05) is 52.1 Å². The molecule has 3 rings (SSSR count). The Bertz CT molecular complexity index is 748. The standard InChI is InChI=1S/C18H25N3O3/c1-18(2,3)24-13-9-12(22)10-21(11-13)17(23)16-14-7-5-6-8-15(14)20(4)19-16/h5-8,12-13,22H,9-11H2,1-4H3/t12-,13-/m0/s1. The fraction of sp³-hybridized carbons (Fsp3) is 0.556. The second kappa shape index (κ2) is 6.18. The highest BCUT2D eigenvalue weighted by Gasteiger charge is 2.33. The van der Waals surface area contributed by atoms with Gasteiger partial charge < -0.3 is 14.7 Å². The van der Waals surface area contributed by atoms with Crippen LogP contribution in [0, 0.1) is 0 Å². The van der Waals surface area contributed by atoms with Gasteiger partial charge in [0.15, 0.2) is 5.69 Å². The van der Waals surface area contributed by atoms with Crippen LogP contribution in [0.3, 0.4) is 0 Å². The van der Waals surface area contributed by atoms with Crippen molar-refractivity contribution in [2.75, 3.05) is 13.1 Å². The molecular weight excluding hydrogens is 306 g/mol. The van der Waals surface area contributed by atoms with Crippen LogP contribution < -0.4 is 0 Å². The molecule has 0 spiro atoms. The van der Waals surface area contributed by atoms with E-state index in [4.69, 9.17) is 4.74 Å². The van der Waals surface area contributed by atoms with Gasteiger partial charge in [0.05, 0.1) is 23.3 Å². The zero-order valence-corrected chi connectivity index (χ0v) is 14.7. The maximum absolute atomic E-state index is 13.0. The van der Waals surface area contributed by atoms with Gasteiger partial charge in [-0.15, -0.1) is 0 Å². The van der Waals surface area contributed by atoms with Crippen LogP contribution in [0.2, 0.25) is 0 Å². The van der Waals surface area contributed by atoms with E-state index in [9.17, 15) is 9.90 Å². The first-order valence-electron chi connectivity index (χ1n) is 8.31. The number of amides is 1. The zero-order valence-electron chi connectivity index (χ0n) is 14.7. The zero-order chi connectivity index (χ0) is 17.5. The van der Waals surface area contributed by atoms with Crippen molar-refractivity contribution in [3.8, 4) is 0 Å². The molecule has 2 aromatic rings. The quantitative estimate of drug-likeness (QED) is 0.913. The molecule has 1 saturated heterocycles. The summed E-state index contributed by atoms with van der Waals surface area (Å²) >= 11 is 0. The van der Waals surface area contributed by atoms with Crippen molar-refractivity contribution in [2.24, 2.45) is 7.05 Å². The molecule has 1 aliphatic heterocycles. The number of aliphatic hydroxyl groups is 1. The van der Waals surface area contributed by atoms with E-state index in [2.05, 4.69) is 5.10 Å². The number of hydrogen-bond donors (Lipinski definition) is 1. The maximum atomic E-state index is 13.0. The summed E-state index contributed by atoms with van der Waals surface area (Å²) in [6, 6.07) is 7.67. The Hall–Kier alpha value is -1.92. The topological polar surface area (TPSA) is 67.6 Å². The largest absolute Gasteiger partial charge is 0.391 e. The molecule has 0 bridgehead atoms. The summed E-state index contributed by atoms with van der Waals surface area (Å²) in [5.41, 5.74) is 1.03. The number of likely N-dealkylation sites (tertiary alicyclic amines) is 1. The summed E-state index contributed by atoms with van der Waals surface area (Å²) in [4.78, 5) is 14.6. The number of aliphatic hydroxyl groups excluding tert-OH is 1. The third-order valence-electron chi connectivity index (χ3n) is 4.16. The van der Waals surface area contributed by atoms with Crippen molar-refractivity contribution < 1.29 is 14.6 Å². The normalized spacial score (nSPS) is 22.1. The second-order valence-corrected chi connectivity index (χ2v) is 7.44. The van der Waals surface area contributed by atoms with Crippen LogP contribution in [0.1, 0.15) is 37.7 Å². The van der Waals surface area contributed by atoms with Gasteiger partial charge in [0.1, 0.15) is 0 Å². The maximum Gasteiger partial charge on any atom is 0.275 e. The van der Waals surface area contributed by atoms with Gasteiger partial charge in [0.25, 0.3) is 5.91 Å². The molecule has 1 amide bonds. The number of hydrogen-bond acceptors (Lipinski definition) is 4. The predicted molar refractivity (Wildman–Crippen MR) is 91.9 cm³/mol. The molecule has 1 aromatic carbocycles. The van der Waals surface area contributed by atoms with Crippen LogP contribution in [0.15, 0.2) is 24.3 Å². The lowest BCUT2D eigenvalue weighted by molar-refractivity contribution is -0.103. The Morgan fingerprint density at radius 3 is 2.71 bits per heavy atom. The summed E-state index contributed by atoms with van der Waals surface area (Å²) in [5.74, 6) is -0.159. The van der Waals surface area contributed by atoms with Crippen LogP contribution in [0.5, 0.6) is 0 Å². The first kappa shape index (κ1) is 16.9. The number of fused-ring (bicyclic) bond motifs is 1. The van der Waals surface area contributed by atoms with Crippen molar-refractivity contribution in [3.63, 3.8) is 0 Å². The number of benzene rings is 1. The van der Waals surface area contributed by atoms with E-state index >= 15 is 0 Å². The van der Waals surface area contributed by atoms with Crippen LogP contribution in [-0.2, 0) is 11.8 Å². The molecule has 0 saturated carbocycles. The van der Waals surface area contributed by atoms with Gasteiger partial charge in [-0.3, -0.25) is 9.48 Å². The molecule has 1 aliphatic rings. The molecule has 24 heavy (non-hydrogen) atoms. The van der Waals surface area contributed by atoms with Gasteiger partial charge in [0.2, 0.25) is 0 Å². The van der Waals surface area contributed by atoms with E-state index in [0.717, 1.165) is 10.9 Å². The smallest absolute Gasteiger partial charge is 0.275 e. The van der Waals surface area contributed by atoms with E-state index in [0.29, 0.717) is 25.2 Å². The number of carbonyl (C=O) groups excluding carboxylic acids is 1. The third-order valence-corrected chi connectivity index (χ3v) is 4.16. The Labute approximate surface area is 142 Å². The lowest BCUT2D eigenvalue weighted by Crippen LogP contribution is -2.50. The van der Waals surface area contributed by atoms with Gasteiger partial charge in [0, 0.05) is 31.9 Å². The Morgan fingerprint density at radius 2 is 2.00 bits per heavy atom. The molecule has 0 aliphatic carbocycles. The van der Waals surface area contributed by atoms with Crippen LogP contribution in [0.4, 0.5) is 0 Å². The number of aryl methyl sites for hydroxylation is 1. The monoisotopic (exact) mass is 331 g/mol. The number of para-hydroxylation sites is 1. The minimum Gasteiger partial charge on any atom is -0.391 e. The first-order valence-corrected chi connectivity index (χ1v) is 8.31. The summed E-state index contributed by atoms with van der Waals surface area (Å²) in [5, 5.41) is 15.4. The minimum absolute atomic E-state index is 0.159. The van der Waals surface area contributed by atoms with Gasteiger partial charge in [-0.1, -0.05) is 18.2 Å². The number of rotatable bonds is 2. The molecule has 1 aromatic heterocycles. The molecule has 0 unspecified atom stereocenters. The molecule has 2 heterocycles. The highest BCUT2D eigenvalue weighted by atomic mass is 16.5. The fourth-order valence-electron chi connectivity index (χ4n) is 3.30. The van der Waals surface area contributed by atoms with Crippen LogP contribution in [0.25, 0.3) is 10.9 Å². The molecule has 0 radical (unpaired) electrons.